The molecule has 1 aliphatic rings. The summed E-state index contributed by atoms with van der Waals surface area (Å²) in [5.41, 5.74) is 4.20. The Kier molecular flexibility index (Phi) is 7.19. The first-order chi connectivity index (χ1) is 17.7. The lowest BCUT2D eigenvalue weighted by atomic mass is 10.1. The van der Waals surface area contributed by atoms with E-state index in [0.717, 1.165) is 34.2 Å². The summed E-state index contributed by atoms with van der Waals surface area (Å²) in [6.07, 6.45) is 2.83. The van der Waals surface area contributed by atoms with Crippen LogP contribution in [-0.4, -0.2) is 22.5 Å². The average molecular weight is 493 g/mol. The molecule has 0 N–H and O–H groups in total. The monoisotopic (exact) mass is 492 g/mol. The van der Waals surface area contributed by atoms with Crippen molar-refractivity contribution in [1.29, 1.82) is 0 Å². The number of thioether (sulfide) groups is 1. The van der Waals surface area contributed by atoms with Gasteiger partial charge < -0.3 is 4.74 Å². The van der Waals surface area contributed by atoms with E-state index in [1.165, 1.54) is 28.1 Å². The van der Waals surface area contributed by atoms with Crippen molar-refractivity contribution in [3.8, 4) is 5.75 Å². The van der Waals surface area contributed by atoms with E-state index in [9.17, 15) is 4.79 Å². The molecule has 1 amide bonds. The first kappa shape index (κ1) is 23.9. The van der Waals surface area contributed by atoms with Gasteiger partial charge in [0.2, 0.25) is 0 Å². The SMILES string of the molecule is CCc1ccccc1N=C1S/C(=C/c2ccc(OCc3cccc4ccccc34)cc2)C(=O)N1CC. The molecule has 0 aromatic heterocycles. The molecule has 36 heavy (non-hydrogen) atoms. The van der Waals surface area contributed by atoms with E-state index >= 15 is 0 Å². The molecular formula is C31H28N2O2S. The van der Waals surface area contributed by atoms with Crippen molar-refractivity contribution >= 4 is 45.4 Å². The zero-order valence-corrected chi connectivity index (χ0v) is 21.3. The predicted octanol–water partition coefficient (Wildman–Crippen LogP) is 7.61. The van der Waals surface area contributed by atoms with Crippen molar-refractivity contribution in [2.45, 2.75) is 26.9 Å². The fourth-order valence-corrected chi connectivity index (χ4v) is 5.34. The number of amidine groups is 1. The predicted molar refractivity (Wildman–Crippen MR) is 151 cm³/mol. The van der Waals surface area contributed by atoms with Gasteiger partial charge in [0.05, 0.1) is 10.6 Å². The molecule has 0 spiro atoms. The number of hydrogen-bond donors (Lipinski definition) is 0. The molecule has 0 atom stereocenters. The van der Waals surface area contributed by atoms with E-state index in [4.69, 9.17) is 9.73 Å². The fourth-order valence-electron chi connectivity index (χ4n) is 4.28. The average Bonchev–Trinajstić information content (AvgIpc) is 3.21. The van der Waals surface area contributed by atoms with Crippen LogP contribution in [0.1, 0.15) is 30.5 Å². The number of benzene rings is 4. The zero-order valence-electron chi connectivity index (χ0n) is 20.5. The third-order valence-corrected chi connectivity index (χ3v) is 7.25. The number of hydrogen-bond acceptors (Lipinski definition) is 4. The van der Waals surface area contributed by atoms with E-state index in [-0.39, 0.29) is 5.91 Å². The number of ether oxygens (including phenoxy) is 1. The summed E-state index contributed by atoms with van der Waals surface area (Å²) < 4.78 is 6.07. The normalized spacial score (nSPS) is 15.8. The first-order valence-corrected chi connectivity index (χ1v) is 13.1. The third kappa shape index (κ3) is 5.07. The maximum Gasteiger partial charge on any atom is 0.266 e. The van der Waals surface area contributed by atoms with Gasteiger partial charge in [-0.1, -0.05) is 79.7 Å². The van der Waals surface area contributed by atoms with Gasteiger partial charge in [-0.25, -0.2) is 4.99 Å². The van der Waals surface area contributed by atoms with Crippen molar-refractivity contribution in [1.82, 2.24) is 4.90 Å². The maximum atomic E-state index is 13.1. The molecule has 5 rings (SSSR count). The number of aryl methyl sites for hydroxylation is 1. The standard InChI is InChI=1S/C31H28N2O2S/c1-3-23-10-6-8-15-28(23)32-31-33(4-2)30(34)29(36-31)20-22-16-18-26(19-17-22)35-21-25-13-9-12-24-11-5-7-14-27(24)25/h5-20H,3-4,21H2,1-2H3/b29-20+,32-31?. The topological polar surface area (TPSA) is 41.9 Å². The largest absolute Gasteiger partial charge is 0.489 e. The molecule has 1 saturated heterocycles. The quantitative estimate of drug-likeness (QED) is 0.249. The van der Waals surface area contributed by atoms with Crippen LogP contribution in [0.5, 0.6) is 5.75 Å². The summed E-state index contributed by atoms with van der Waals surface area (Å²) in [7, 11) is 0. The van der Waals surface area contributed by atoms with Crippen molar-refractivity contribution in [2.75, 3.05) is 6.54 Å². The molecule has 5 heteroatoms. The Morgan fingerprint density at radius 1 is 0.861 bits per heavy atom. The second kappa shape index (κ2) is 10.8. The third-order valence-electron chi connectivity index (χ3n) is 6.25. The van der Waals surface area contributed by atoms with Crippen molar-refractivity contribution in [2.24, 2.45) is 4.99 Å². The summed E-state index contributed by atoms with van der Waals surface area (Å²) in [6, 6.07) is 30.6. The first-order valence-electron chi connectivity index (χ1n) is 12.2. The summed E-state index contributed by atoms with van der Waals surface area (Å²) in [4.78, 5) is 20.3. The molecule has 0 unspecified atom stereocenters. The highest BCUT2D eigenvalue weighted by Crippen LogP contribution is 2.35. The second-order valence-corrected chi connectivity index (χ2v) is 9.54. The van der Waals surface area contributed by atoms with Gasteiger partial charge in [0.1, 0.15) is 12.4 Å². The number of aliphatic imine (C=N–C) groups is 1. The van der Waals surface area contributed by atoms with Gasteiger partial charge in [-0.2, -0.15) is 0 Å². The van der Waals surface area contributed by atoms with Crippen LogP contribution in [-0.2, 0) is 17.8 Å². The number of carbonyl (C=O) groups is 1. The second-order valence-electron chi connectivity index (χ2n) is 8.53. The van der Waals surface area contributed by atoms with Crippen molar-refractivity contribution in [3.63, 3.8) is 0 Å². The van der Waals surface area contributed by atoms with Crippen molar-refractivity contribution < 1.29 is 9.53 Å². The van der Waals surface area contributed by atoms with Gasteiger partial charge >= 0.3 is 0 Å². The van der Waals surface area contributed by atoms with E-state index in [1.54, 1.807) is 4.90 Å². The number of carbonyl (C=O) groups excluding carboxylic acids is 1. The Hall–Kier alpha value is -3.83. The molecule has 0 bridgehead atoms. The molecule has 4 aromatic rings. The highest BCUT2D eigenvalue weighted by atomic mass is 32.2. The van der Waals surface area contributed by atoms with Crippen LogP contribution < -0.4 is 4.74 Å². The number of fused-ring (bicyclic) bond motifs is 1. The minimum absolute atomic E-state index is 0.00786. The molecule has 1 aliphatic heterocycles. The summed E-state index contributed by atoms with van der Waals surface area (Å²) in [5, 5.41) is 3.14. The molecule has 0 aliphatic carbocycles. The number of amides is 1. The van der Waals surface area contributed by atoms with Crippen molar-refractivity contribution in [3.05, 3.63) is 113 Å². The number of para-hydroxylation sites is 1. The lowest BCUT2D eigenvalue weighted by molar-refractivity contribution is -0.122. The van der Waals surface area contributed by atoms with Crippen LogP contribution in [0, 0.1) is 0 Å². The minimum atomic E-state index is -0.00786. The van der Waals surface area contributed by atoms with Gasteiger partial charge in [-0.05, 0) is 76.8 Å². The highest BCUT2D eigenvalue weighted by Gasteiger charge is 2.32. The molecule has 0 saturated carbocycles. The van der Waals surface area contributed by atoms with E-state index in [1.807, 2.05) is 61.5 Å². The molecular weight excluding hydrogens is 464 g/mol. The molecule has 180 valence electrons. The summed E-state index contributed by atoms with van der Waals surface area (Å²) in [6.45, 7) is 5.17. The van der Waals surface area contributed by atoms with Gasteiger partial charge in [0.25, 0.3) is 5.91 Å². The highest BCUT2D eigenvalue weighted by molar-refractivity contribution is 8.18. The van der Waals surface area contributed by atoms with Gasteiger partial charge in [0, 0.05) is 6.54 Å². The zero-order chi connectivity index (χ0) is 24.9. The molecule has 4 nitrogen and oxygen atoms in total. The lowest BCUT2D eigenvalue weighted by Gasteiger charge is -2.12. The minimum Gasteiger partial charge on any atom is -0.489 e. The van der Waals surface area contributed by atoms with Gasteiger partial charge in [0.15, 0.2) is 5.17 Å². The van der Waals surface area contributed by atoms with Crippen LogP contribution in [0.4, 0.5) is 5.69 Å². The van der Waals surface area contributed by atoms with Crippen LogP contribution in [0.2, 0.25) is 0 Å². The summed E-state index contributed by atoms with van der Waals surface area (Å²) in [5.74, 6) is 0.788. The van der Waals surface area contributed by atoms with Crippen LogP contribution >= 0.6 is 11.8 Å². The van der Waals surface area contributed by atoms with E-state index in [2.05, 4.69) is 49.4 Å². The van der Waals surface area contributed by atoms with Crippen LogP contribution in [0.3, 0.4) is 0 Å². The van der Waals surface area contributed by atoms with E-state index in [0.29, 0.717) is 18.1 Å². The molecule has 0 radical (unpaired) electrons. The fraction of sp³-hybridized carbons (Fsp3) is 0.161. The summed E-state index contributed by atoms with van der Waals surface area (Å²) >= 11 is 1.43. The number of likely N-dealkylation sites (N-methyl/N-ethyl adjacent to an activating group) is 1. The number of nitrogens with zero attached hydrogens (tertiary/aromatic N) is 2. The van der Waals surface area contributed by atoms with Crippen LogP contribution in [0.25, 0.3) is 16.8 Å². The Balaban J connectivity index is 1.31. The Bertz CT molecular complexity index is 1450. The molecule has 1 heterocycles. The Morgan fingerprint density at radius 3 is 2.39 bits per heavy atom. The number of rotatable bonds is 7. The smallest absolute Gasteiger partial charge is 0.266 e. The lowest BCUT2D eigenvalue weighted by Crippen LogP contribution is -2.28. The Morgan fingerprint density at radius 2 is 1.58 bits per heavy atom. The Labute approximate surface area is 216 Å². The maximum absolute atomic E-state index is 13.1. The van der Waals surface area contributed by atoms with Crippen LogP contribution in [0.15, 0.2) is 101 Å². The molecule has 4 aromatic carbocycles. The van der Waals surface area contributed by atoms with Gasteiger partial charge in [-0.15, -0.1) is 0 Å². The van der Waals surface area contributed by atoms with E-state index < -0.39 is 0 Å². The molecule has 1 fully saturated rings. The van der Waals surface area contributed by atoms with Gasteiger partial charge in [-0.3, -0.25) is 9.69 Å².